The van der Waals surface area contributed by atoms with Crippen molar-refractivity contribution in [2.75, 3.05) is 26.2 Å². The molecule has 0 radical (unpaired) electrons. The summed E-state index contributed by atoms with van der Waals surface area (Å²) in [5, 5.41) is 4.08. The van der Waals surface area contributed by atoms with Crippen molar-refractivity contribution in [3.63, 3.8) is 0 Å². The van der Waals surface area contributed by atoms with Gasteiger partial charge in [0.05, 0.1) is 23.1 Å². The number of aryl methyl sites for hydroxylation is 2. The van der Waals surface area contributed by atoms with Crippen LogP contribution in [0.2, 0.25) is 0 Å². The SMILES string of the molecule is Cc1nc(C2CCCN(S(=O)(=O)c3cnn(C)c3C)C2)ncc1C(=O)N1CCCCC1. The quantitative estimate of drug-likeness (QED) is 0.712. The van der Waals surface area contributed by atoms with Gasteiger partial charge in [0.1, 0.15) is 10.7 Å². The molecule has 10 heteroatoms. The summed E-state index contributed by atoms with van der Waals surface area (Å²) in [5.74, 6) is 0.498. The van der Waals surface area contributed by atoms with Crippen LogP contribution in [0.3, 0.4) is 0 Å². The Kier molecular flexibility index (Phi) is 6.11. The predicted molar refractivity (Wildman–Crippen MR) is 115 cm³/mol. The smallest absolute Gasteiger partial charge is 0.257 e. The second-order valence-corrected chi connectivity index (χ2v) is 10.4. The molecule has 2 fully saturated rings. The van der Waals surface area contributed by atoms with Gasteiger partial charge in [-0.3, -0.25) is 9.48 Å². The van der Waals surface area contributed by atoms with Gasteiger partial charge in [0.2, 0.25) is 10.0 Å². The number of carbonyl (C=O) groups is 1. The van der Waals surface area contributed by atoms with Crippen molar-refractivity contribution in [1.29, 1.82) is 0 Å². The van der Waals surface area contributed by atoms with E-state index in [0.29, 0.717) is 35.9 Å². The summed E-state index contributed by atoms with van der Waals surface area (Å²) in [5.41, 5.74) is 1.82. The number of hydrogen-bond acceptors (Lipinski definition) is 6. The fourth-order valence-electron chi connectivity index (χ4n) is 4.40. The summed E-state index contributed by atoms with van der Waals surface area (Å²) < 4.78 is 29.4. The van der Waals surface area contributed by atoms with Gasteiger partial charge in [0.15, 0.2) is 0 Å². The number of rotatable bonds is 4. The molecule has 0 aliphatic carbocycles. The Morgan fingerprint density at radius 1 is 1.06 bits per heavy atom. The monoisotopic (exact) mass is 446 g/mol. The second-order valence-electron chi connectivity index (χ2n) is 8.50. The molecule has 0 saturated carbocycles. The first kappa shape index (κ1) is 21.9. The molecule has 0 N–H and O–H groups in total. The second kappa shape index (κ2) is 8.66. The van der Waals surface area contributed by atoms with Gasteiger partial charge >= 0.3 is 0 Å². The highest BCUT2D eigenvalue weighted by Crippen LogP contribution is 2.30. The molecule has 0 spiro atoms. The fraction of sp³-hybridized carbons (Fsp3) is 0.619. The standard InChI is InChI=1S/C21H30N6O3S/c1-15-18(21(28)26-9-5-4-6-10-26)12-22-20(24-15)17-8-7-11-27(14-17)31(29,30)19-13-23-25(3)16(19)2/h12-13,17H,4-11,14H2,1-3H3. The van der Waals surface area contributed by atoms with E-state index in [0.717, 1.165) is 45.2 Å². The van der Waals surface area contributed by atoms with Crippen LogP contribution in [0, 0.1) is 13.8 Å². The molecule has 1 amide bonds. The van der Waals surface area contributed by atoms with Crippen LogP contribution >= 0.6 is 0 Å². The minimum absolute atomic E-state index is 0.0105. The van der Waals surface area contributed by atoms with Gasteiger partial charge in [-0.2, -0.15) is 9.40 Å². The third-order valence-electron chi connectivity index (χ3n) is 6.43. The van der Waals surface area contributed by atoms with Gasteiger partial charge in [-0.05, 0) is 46.0 Å². The van der Waals surface area contributed by atoms with Crippen LogP contribution < -0.4 is 0 Å². The molecule has 2 aromatic heterocycles. The van der Waals surface area contributed by atoms with E-state index in [1.54, 1.807) is 24.9 Å². The Morgan fingerprint density at radius 2 is 1.81 bits per heavy atom. The van der Waals surface area contributed by atoms with Crippen LogP contribution in [-0.2, 0) is 17.1 Å². The average Bonchev–Trinajstić information content (AvgIpc) is 3.13. The lowest BCUT2D eigenvalue weighted by Gasteiger charge is -2.31. The van der Waals surface area contributed by atoms with Crippen LogP contribution in [0.1, 0.15) is 65.6 Å². The molecule has 2 saturated heterocycles. The summed E-state index contributed by atoms with van der Waals surface area (Å²) in [6, 6.07) is 0. The van der Waals surface area contributed by atoms with Crippen molar-refractivity contribution < 1.29 is 13.2 Å². The van der Waals surface area contributed by atoms with Gasteiger partial charge in [-0.1, -0.05) is 0 Å². The van der Waals surface area contributed by atoms with Gasteiger partial charge in [-0.15, -0.1) is 0 Å². The Morgan fingerprint density at radius 3 is 2.45 bits per heavy atom. The molecule has 9 nitrogen and oxygen atoms in total. The van der Waals surface area contributed by atoms with Crippen molar-refractivity contribution in [2.24, 2.45) is 7.05 Å². The maximum absolute atomic E-state index is 13.2. The Hall–Kier alpha value is -2.33. The lowest BCUT2D eigenvalue weighted by Crippen LogP contribution is -2.40. The molecule has 2 aliphatic rings. The molecule has 1 unspecified atom stereocenters. The fourth-order valence-corrected chi connectivity index (χ4v) is 6.11. The van der Waals surface area contributed by atoms with Gasteiger partial charge in [-0.25, -0.2) is 18.4 Å². The van der Waals surface area contributed by atoms with Gasteiger partial charge in [0.25, 0.3) is 5.91 Å². The van der Waals surface area contributed by atoms with E-state index >= 15 is 0 Å². The van der Waals surface area contributed by atoms with Crippen molar-refractivity contribution in [3.8, 4) is 0 Å². The zero-order valence-corrected chi connectivity index (χ0v) is 19.2. The van der Waals surface area contributed by atoms with Crippen LogP contribution in [0.5, 0.6) is 0 Å². The topological polar surface area (TPSA) is 101 Å². The van der Waals surface area contributed by atoms with Gasteiger partial charge in [0, 0.05) is 45.3 Å². The highest BCUT2D eigenvalue weighted by Gasteiger charge is 2.34. The third-order valence-corrected chi connectivity index (χ3v) is 8.40. The molecule has 0 bridgehead atoms. The zero-order valence-electron chi connectivity index (χ0n) is 18.4. The molecule has 1 atom stereocenters. The van der Waals surface area contributed by atoms with E-state index in [1.807, 2.05) is 11.8 Å². The Labute approximate surface area is 183 Å². The normalized spacial score (nSPS) is 20.7. The Balaban J connectivity index is 1.52. The Bertz CT molecular complexity index is 1070. The van der Waals surface area contributed by atoms with E-state index in [4.69, 9.17) is 0 Å². The number of aromatic nitrogens is 4. The van der Waals surface area contributed by atoms with Crippen molar-refractivity contribution in [1.82, 2.24) is 29.0 Å². The van der Waals surface area contributed by atoms with Gasteiger partial charge < -0.3 is 4.90 Å². The summed E-state index contributed by atoms with van der Waals surface area (Å²) in [4.78, 5) is 24.1. The molecule has 0 aromatic carbocycles. The summed E-state index contributed by atoms with van der Waals surface area (Å²) in [6.07, 6.45) is 7.82. The maximum Gasteiger partial charge on any atom is 0.257 e. The van der Waals surface area contributed by atoms with E-state index in [1.165, 1.54) is 10.5 Å². The third kappa shape index (κ3) is 4.23. The number of nitrogens with zero attached hydrogens (tertiary/aromatic N) is 6. The molecule has 2 aliphatic heterocycles. The van der Waals surface area contributed by atoms with Crippen LogP contribution in [0.4, 0.5) is 0 Å². The summed E-state index contributed by atoms with van der Waals surface area (Å²) in [6.45, 7) is 5.95. The van der Waals surface area contributed by atoms with E-state index in [2.05, 4.69) is 15.1 Å². The summed E-state index contributed by atoms with van der Waals surface area (Å²) >= 11 is 0. The largest absolute Gasteiger partial charge is 0.339 e. The number of carbonyl (C=O) groups excluding carboxylic acids is 1. The lowest BCUT2D eigenvalue weighted by atomic mass is 9.98. The first-order valence-electron chi connectivity index (χ1n) is 10.9. The van der Waals surface area contributed by atoms with Crippen molar-refractivity contribution in [2.45, 2.75) is 56.8 Å². The molecule has 4 rings (SSSR count). The molecule has 2 aromatic rings. The highest BCUT2D eigenvalue weighted by molar-refractivity contribution is 7.89. The summed E-state index contributed by atoms with van der Waals surface area (Å²) in [7, 11) is -1.89. The van der Waals surface area contributed by atoms with Crippen molar-refractivity contribution in [3.05, 3.63) is 35.2 Å². The van der Waals surface area contributed by atoms with E-state index in [9.17, 15) is 13.2 Å². The number of likely N-dealkylation sites (tertiary alicyclic amines) is 1. The number of amides is 1. The first-order chi connectivity index (χ1) is 14.8. The highest BCUT2D eigenvalue weighted by atomic mass is 32.2. The average molecular weight is 447 g/mol. The maximum atomic E-state index is 13.2. The molecule has 31 heavy (non-hydrogen) atoms. The van der Waals surface area contributed by atoms with Crippen LogP contribution in [-0.4, -0.2) is 69.5 Å². The molecular formula is C21H30N6O3S. The molecule has 168 valence electrons. The minimum atomic E-state index is -3.63. The first-order valence-corrected chi connectivity index (χ1v) is 12.3. The zero-order chi connectivity index (χ0) is 22.2. The number of hydrogen-bond donors (Lipinski definition) is 0. The van der Waals surface area contributed by atoms with E-state index < -0.39 is 10.0 Å². The van der Waals surface area contributed by atoms with E-state index in [-0.39, 0.29) is 16.7 Å². The molecule has 4 heterocycles. The van der Waals surface area contributed by atoms with Crippen molar-refractivity contribution >= 4 is 15.9 Å². The van der Waals surface area contributed by atoms with Crippen LogP contribution in [0.15, 0.2) is 17.3 Å². The molecular weight excluding hydrogens is 416 g/mol. The minimum Gasteiger partial charge on any atom is -0.339 e. The number of piperidine rings is 2. The van der Waals surface area contributed by atoms with Crippen LogP contribution in [0.25, 0.3) is 0 Å². The predicted octanol–water partition coefficient (Wildman–Crippen LogP) is 2.02. The number of sulfonamides is 1. The lowest BCUT2D eigenvalue weighted by molar-refractivity contribution is 0.0722.